The van der Waals surface area contributed by atoms with Crippen molar-refractivity contribution in [3.05, 3.63) is 58.7 Å². The zero-order valence-electron chi connectivity index (χ0n) is 20.9. The van der Waals surface area contributed by atoms with E-state index >= 15 is 0 Å². The molecule has 2 fully saturated rings. The molecule has 2 bridgehead atoms. The maximum Gasteiger partial charge on any atom is 0.264 e. The fourth-order valence-electron chi connectivity index (χ4n) is 6.97. The van der Waals surface area contributed by atoms with Gasteiger partial charge in [-0.2, -0.15) is 0 Å². The van der Waals surface area contributed by atoms with Gasteiger partial charge in [-0.3, -0.25) is 9.10 Å². The predicted molar refractivity (Wildman–Crippen MR) is 136 cm³/mol. The maximum atomic E-state index is 13.9. The molecule has 0 aromatic heterocycles. The number of nitrogens with zero attached hydrogens (tertiary/aromatic N) is 1. The number of carbonyl (C=O) groups excluding carboxylic acids is 1. The average molecular weight is 481 g/mol. The van der Waals surface area contributed by atoms with Crippen LogP contribution in [0, 0.1) is 30.6 Å². The largest absolute Gasteiger partial charge is 0.348 e. The molecule has 0 spiro atoms. The van der Waals surface area contributed by atoms with Gasteiger partial charge in [-0.15, -0.1) is 0 Å². The van der Waals surface area contributed by atoms with Crippen LogP contribution in [0.5, 0.6) is 0 Å². The fraction of sp³-hybridized carbons (Fsp3) is 0.536. The van der Waals surface area contributed by atoms with Gasteiger partial charge in [0.25, 0.3) is 15.9 Å². The lowest BCUT2D eigenvalue weighted by Crippen LogP contribution is -2.52. The zero-order chi connectivity index (χ0) is 24.5. The Labute approximate surface area is 204 Å². The Morgan fingerprint density at radius 1 is 1.12 bits per heavy atom. The summed E-state index contributed by atoms with van der Waals surface area (Å²) >= 11 is 0. The zero-order valence-corrected chi connectivity index (χ0v) is 21.8. The molecule has 2 saturated carbocycles. The molecule has 0 saturated heterocycles. The van der Waals surface area contributed by atoms with Crippen molar-refractivity contribution in [2.45, 2.75) is 77.7 Å². The predicted octanol–water partition coefficient (Wildman–Crippen LogP) is 5.39. The number of anilines is 1. The molecular formula is C28H36N2O3S. The molecule has 2 aromatic rings. The van der Waals surface area contributed by atoms with Gasteiger partial charge in [-0.1, -0.05) is 39.0 Å². The van der Waals surface area contributed by atoms with Gasteiger partial charge in [-0.05, 0) is 97.6 Å². The lowest BCUT2D eigenvalue weighted by Gasteiger charge is -2.43. The number of carbonyl (C=O) groups is 1. The molecule has 3 atom stereocenters. The molecule has 2 aromatic carbocycles. The smallest absolute Gasteiger partial charge is 0.264 e. The number of rotatable bonds is 4. The van der Waals surface area contributed by atoms with E-state index in [0.29, 0.717) is 23.6 Å². The van der Waals surface area contributed by atoms with E-state index in [9.17, 15) is 13.2 Å². The summed E-state index contributed by atoms with van der Waals surface area (Å²) in [5.74, 6) is 0.447. The Morgan fingerprint density at radius 2 is 1.85 bits per heavy atom. The summed E-state index contributed by atoms with van der Waals surface area (Å²) in [5.41, 5.74) is 3.88. The maximum absolute atomic E-state index is 13.9. The van der Waals surface area contributed by atoms with E-state index < -0.39 is 10.0 Å². The number of para-hydroxylation sites is 1. The second kappa shape index (κ2) is 7.84. The number of amides is 1. The highest BCUT2D eigenvalue weighted by atomic mass is 32.2. The van der Waals surface area contributed by atoms with E-state index in [4.69, 9.17) is 0 Å². The lowest BCUT2D eigenvalue weighted by atomic mass is 9.68. The van der Waals surface area contributed by atoms with Crippen LogP contribution in [-0.2, 0) is 16.4 Å². The first kappa shape index (κ1) is 23.4. The minimum Gasteiger partial charge on any atom is -0.348 e. The molecule has 34 heavy (non-hydrogen) atoms. The molecule has 3 aliphatic rings. The second-order valence-electron chi connectivity index (χ2n) is 11.5. The number of sulfonamides is 1. The summed E-state index contributed by atoms with van der Waals surface area (Å²) in [7, 11) is -3.80. The van der Waals surface area contributed by atoms with Gasteiger partial charge in [0, 0.05) is 18.2 Å². The molecule has 2 aliphatic carbocycles. The Balaban J connectivity index is 1.50. The van der Waals surface area contributed by atoms with Crippen molar-refractivity contribution in [2.24, 2.45) is 16.7 Å². The third-order valence-electron chi connectivity index (χ3n) is 9.06. The van der Waals surface area contributed by atoms with E-state index in [-0.39, 0.29) is 27.7 Å². The Kier molecular flexibility index (Phi) is 5.40. The third-order valence-corrected chi connectivity index (χ3v) is 11.0. The topological polar surface area (TPSA) is 66.5 Å². The normalized spacial score (nSPS) is 27.5. The molecule has 0 radical (unpaired) electrons. The number of nitrogens with one attached hydrogen (secondary N) is 1. The van der Waals surface area contributed by atoms with Crippen molar-refractivity contribution in [3.63, 3.8) is 0 Å². The molecule has 1 N–H and O–H groups in total. The van der Waals surface area contributed by atoms with E-state index in [2.05, 4.69) is 26.1 Å². The molecule has 5 nitrogen and oxygen atoms in total. The number of aryl methyl sites for hydroxylation is 2. The standard InChI is InChI=1S/C28H36N2O3S/c1-18-15-21(25(31)29-26-27(3,4)22-12-13-28(26,5)17-22)16-24(19(18)2)34(32,33)30-14-8-10-20-9-6-7-11-23(20)30/h6-7,9,11,15-16,22,26H,8,10,12-14,17H2,1-5H3,(H,29,31)/t22-,26?,28+/m1/s1. The van der Waals surface area contributed by atoms with Gasteiger partial charge in [0.05, 0.1) is 10.6 Å². The van der Waals surface area contributed by atoms with Crippen LogP contribution in [0.15, 0.2) is 41.3 Å². The van der Waals surface area contributed by atoms with Crippen LogP contribution < -0.4 is 9.62 Å². The van der Waals surface area contributed by atoms with Gasteiger partial charge in [0.1, 0.15) is 0 Å². The molecule has 5 rings (SSSR count). The highest BCUT2D eigenvalue weighted by molar-refractivity contribution is 7.92. The van der Waals surface area contributed by atoms with Crippen molar-refractivity contribution in [1.82, 2.24) is 5.32 Å². The minimum absolute atomic E-state index is 0.0365. The average Bonchev–Trinajstić information content (AvgIpc) is 3.28. The number of benzene rings is 2. The molecule has 1 unspecified atom stereocenters. The fourth-order valence-corrected chi connectivity index (χ4v) is 8.84. The second-order valence-corrected chi connectivity index (χ2v) is 13.4. The van der Waals surface area contributed by atoms with Crippen LogP contribution in [0.25, 0.3) is 0 Å². The minimum atomic E-state index is -3.80. The lowest BCUT2D eigenvalue weighted by molar-refractivity contribution is 0.0737. The van der Waals surface area contributed by atoms with E-state index in [1.54, 1.807) is 6.07 Å². The summed E-state index contributed by atoms with van der Waals surface area (Å²) < 4.78 is 29.3. The molecule has 1 aliphatic heterocycles. The number of fused-ring (bicyclic) bond motifs is 3. The summed E-state index contributed by atoms with van der Waals surface area (Å²) in [6.07, 6.45) is 5.16. The van der Waals surface area contributed by atoms with Crippen LogP contribution in [0.3, 0.4) is 0 Å². The van der Waals surface area contributed by atoms with Crippen molar-refractivity contribution in [1.29, 1.82) is 0 Å². The van der Waals surface area contributed by atoms with E-state index in [0.717, 1.165) is 42.5 Å². The van der Waals surface area contributed by atoms with Crippen molar-refractivity contribution in [2.75, 3.05) is 10.8 Å². The number of hydrogen-bond donors (Lipinski definition) is 1. The van der Waals surface area contributed by atoms with Crippen LogP contribution in [0.2, 0.25) is 0 Å². The molecule has 1 amide bonds. The Hall–Kier alpha value is -2.34. The summed E-state index contributed by atoms with van der Waals surface area (Å²) in [6.45, 7) is 11.0. The van der Waals surface area contributed by atoms with Crippen LogP contribution in [0.4, 0.5) is 5.69 Å². The SMILES string of the molecule is Cc1cc(C(=O)NC2C(C)(C)[C@@H]3CC[C@@]2(C)C3)cc(S(=O)(=O)N2CCCc3ccccc32)c1C. The summed E-state index contributed by atoms with van der Waals surface area (Å²) in [4.78, 5) is 13.7. The number of hydrogen-bond acceptors (Lipinski definition) is 3. The van der Waals surface area contributed by atoms with E-state index in [1.165, 1.54) is 10.7 Å². The quantitative estimate of drug-likeness (QED) is 0.638. The summed E-state index contributed by atoms with van der Waals surface area (Å²) in [6, 6.07) is 11.2. The first-order chi connectivity index (χ1) is 15.9. The molecule has 182 valence electrons. The highest BCUT2D eigenvalue weighted by Gasteiger charge is 2.59. The Bertz CT molecular complexity index is 1260. The highest BCUT2D eigenvalue weighted by Crippen LogP contribution is 2.62. The van der Waals surface area contributed by atoms with Crippen LogP contribution >= 0.6 is 0 Å². The van der Waals surface area contributed by atoms with Crippen LogP contribution in [0.1, 0.15) is 73.5 Å². The molecule has 1 heterocycles. The van der Waals surface area contributed by atoms with Gasteiger partial charge >= 0.3 is 0 Å². The van der Waals surface area contributed by atoms with Gasteiger partial charge < -0.3 is 5.32 Å². The first-order valence-electron chi connectivity index (χ1n) is 12.5. The molecular weight excluding hydrogens is 444 g/mol. The Morgan fingerprint density at radius 3 is 2.56 bits per heavy atom. The first-order valence-corrected chi connectivity index (χ1v) is 13.9. The van der Waals surface area contributed by atoms with E-state index in [1.807, 2.05) is 44.2 Å². The van der Waals surface area contributed by atoms with Gasteiger partial charge in [0.15, 0.2) is 0 Å². The van der Waals surface area contributed by atoms with Gasteiger partial charge in [0.2, 0.25) is 0 Å². The monoisotopic (exact) mass is 480 g/mol. The molecule has 6 heteroatoms. The third kappa shape index (κ3) is 3.48. The summed E-state index contributed by atoms with van der Waals surface area (Å²) in [5, 5.41) is 3.33. The van der Waals surface area contributed by atoms with Crippen molar-refractivity contribution < 1.29 is 13.2 Å². The van der Waals surface area contributed by atoms with Crippen LogP contribution in [-0.4, -0.2) is 26.9 Å². The van der Waals surface area contributed by atoms with Crippen molar-refractivity contribution in [3.8, 4) is 0 Å². The van der Waals surface area contributed by atoms with Gasteiger partial charge in [-0.25, -0.2) is 8.42 Å². The van der Waals surface area contributed by atoms with Crippen molar-refractivity contribution >= 4 is 21.6 Å².